The van der Waals surface area contributed by atoms with Gasteiger partial charge in [-0.3, -0.25) is 0 Å². The van der Waals surface area contributed by atoms with Crippen LogP contribution in [0.5, 0.6) is 5.75 Å². The molecule has 0 fully saturated rings. The molecule has 5 nitrogen and oxygen atoms in total. The third kappa shape index (κ3) is 4.36. The van der Waals surface area contributed by atoms with Gasteiger partial charge in [0.25, 0.3) is 0 Å². The third-order valence-electron chi connectivity index (χ3n) is 2.89. The third-order valence-corrected chi connectivity index (χ3v) is 3.09. The zero-order valence-electron chi connectivity index (χ0n) is 11.5. The van der Waals surface area contributed by atoms with Crippen molar-refractivity contribution in [1.82, 2.24) is 4.98 Å². The number of pyridine rings is 1. The summed E-state index contributed by atoms with van der Waals surface area (Å²) < 4.78 is 5.16. The van der Waals surface area contributed by atoms with Gasteiger partial charge in [0.05, 0.1) is 12.7 Å². The Morgan fingerprint density at radius 3 is 2.90 bits per heavy atom. The molecule has 0 aliphatic rings. The first-order valence-electron chi connectivity index (χ1n) is 6.36. The number of hydrogen-bond acceptors (Lipinski definition) is 4. The van der Waals surface area contributed by atoms with Gasteiger partial charge in [0, 0.05) is 6.54 Å². The van der Waals surface area contributed by atoms with E-state index in [0.29, 0.717) is 12.4 Å². The summed E-state index contributed by atoms with van der Waals surface area (Å²) in [6.45, 7) is 0.611. The number of nitrogens with one attached hydrogen (secondary N) is 1. The average Bonchev–Trinajstić information content (AvgIpc) is 2.47. The van der Waals surface area contributed by atoms with E-state index in [1.165, 1.54) is 12.1 Å². The van der Waals surface area contributed by atoms with Gasteiger partial charge >= 0.3 is 5.97 Å². The summed E-state index contributed by atoms with van der Waals surface area (Å²) in [6, 6.07) is 10.5. The molecule has 0 radical (unpaired) electrons. The average molecular weight is 307 g/mol. The molecule has 0 aliphatic carbocycles. The lowest BCUT2D eigenvalue weighted by molar-refractivity contribution is 0.0697. The van der Waals surface area contributed by atoms with Gasteiger partial charge in [-0.25, -0.2) is 9.78 Å². The number of aromatic nitrogens is 1. The van der Waals surface area contributed by atoms with Crippen LogP contribution in [0, 0.1) is 0 Å². The van der Waals surface area contributed by atoms with Crippen molar-refractivity contribution in [3.63, 3.8) is 0 Å². The van der Waals surface area contributed by atoms with Crippen LogP contribution in [0.4, 0.5) is 5.82 Å². The first-order chi connectivity index (χ1) is 10.1. The molecular weight excluding hydrogens is 292 g/mol. The summed E-state index contributed by atoms with van der Waals surface area (Å²) in [5.41, 5.74) is 1.22. The van der Waals surface area contributed by atoms with Crippen LogP contribution in [0.15, 0.2) is 36.4 Å². The number of rotatable bonds is 6. The van der Waals surface area contributed by atoms with E-state index in [1.807, 2.05) is 24.3 Å². The number of ether oxygens (including phenoxy) is 1. The van der Waals surface area contributed by atoms with Crippen molar-refractivity contribution < 1.29 is 14.6 Å². The maximum absolute atomic E-state index is 10.9. The van der Waals surface area contributed by atoms with Gasteiger partial charge < -0.3 is 15.2 Å². The molecule has 0 bridgehead atoms. The summed E-state index contributed by atoms with van der Waals surface area (Å²) in [5, 5.41) is 12.2. The predicted molar refractivity (Wildman–Crippen MR) is 81.4 cm³/mol. The Balaban J connectivity index is 1.98. The van der Waals surface area contributed by atoms with E-state index in [1.54, 1.807) is 7.11 Å². The summed E-state index contributed by atoms with van der Waals surface area (Å²) in [7, 11) is 1.63. The normalized spacial score (nSPS) is 10.2. The number of nitrogens with zero attached hydrogens (tertiary/aromatic N) is 1. The van der Waals surface area contributed by atoms with Crippen molar-refractivity contribution in [3.8, 4) is 5.75 Å². The highest BCUT2D eigenvalue weighted by molar-refractivity contribution is 6.29. The molecule has 0 atom stereocenters. The van der Waals surface area contributed by atoms with Gasteiger partial charge in [-0.15, -0.1) is 0 Å². The molecule has 0 aliphatic heterocycles. The fourth-order valence-corrected chi connectivity index (χ4v) is 2.08. The fraction of sp³-hybridized carbons (Fsp3) is 0.200. The largest absolute Gasteiger partial charge is 0.497 e. The zero-order chi connectivity index (χ0) is 15.2. The topological polar surface area (TPSA) is 71.5 Å². The molecule has 2 aromatic rings. The van der Waals surface area contributed by atoms with Gasteiger partial charge in [0.15, 0.2) is 0 Å². The summed E-state index contributed by atoms with van der Waals surface area (Å²) >= 11 is 5.80. The monoisotopic (exact) mass is 306 g/mol. The van der Waals surface area contributed by atoms with Crippen LogP contribution in [0.3, 0.4) is 0 Å². The van der Waals surface area contributed by atoms with E-state index in [-0.39, 0.29) is 10.7 Å². The Morgan fingerprint density at radius 2 is 2.19 bits per heavy atom. The van der Waals surface area contributed by atoms with Gasteiger partial charge in [0.2, 0.25) is 0 Å². The molecule has 1 aromatic carbocycles. The van der Waals surface area contributed by atoms with Crippen LogP contribution in [0.25, 0.3) is 0 Å². The number of carbonyl (C=O) groups is 1. The quantitative estimate of drug-likeness (QED) is 0.802. The zero-order valence-corrected chi connectivity index (χ0v) is 12.2. The molecule has 110 valence electrons. The summed E-state index contributed by atoms with van der Waals surface area (Å²) in [4.78, 5) is 15.0. The van der Waals surface area contributed by atoms with Crippen LogP contribution < -0.4 is 10.1 Å². The number of halogens is 1. The predicted octanol–water partition coefficient (Wildman–Crippen LogP) is 3.10. The smallest absolute Gasteiger partial charge is 0.335 e. The van der Waals surface area contributed by atoms with Crippen molar-refractivity contribution in [2.75, 3.05) is 19.0 Å². The van der Waals surface area contributed by atoms with Crippen LogP contribution in [0.2, 0.25) is 5.15 Å². The highest BCUT2D eigenvalue weighted by Crippen LogP contribution is 2.16. The second-order valence-corrected chi connectivity index (χ2v) is 4.78. The minimum absolute atomic E-state index is 0.110. The van der Waals surface area contributed by atoms with Gasteiger partial charge in [-0.2, -0.15) is 0 Å². The number of anilines is 1. The number of aromatic carboxylic acids is 1. The molecule has 0 spiro atoms. The Hall–Kier alpha value is -2.27. The van der Waals surface area contributed by atoms with Crippen LogP contribution in [0.1, 0.15) is 15.9 Å². The van der Waals surface area contributed by atoms with E-state index in [9.17, 15) is 4.79 Å². The molecular formula is C15H15ClN2O3. The number of benzene rings is 1. The van der Waals surface area contributed by atoms with Crippen molar-refractivity contribution in [2.45, 2.75) is 6.42 Å². The minimum Gasteiger partial charge on any atom is -0.497 e. The Kier molecular flexibility index (Phi) is 5.00. The molecule has 1 aromatic heterocycles. The molecule has 1 heterocycles. The Bertz CT molecular complexity index is 647. The van der Waals surface area contributed by atoms with E-state index in [2.05, 4.69) is 10.3 Å². The standard InChI is InChI=1S/C15H15ClN2O3/c1-21-12-4-2-3-10(7-12)5-6-17-14-9-11(15(19)20)8-13(16)18-14/h2-4,7-9H,5-6H2,1H3,(H,17,18)(H,19,20). The van der Waals surface area contributed by atoms with Gasteiger partial charge in [0.1, 0.15) is 16.7 Å². The molecule has 0 unspecified atom stereocenters. The van der Waals surface area contributed by atoms with Crippen LogP contribution >= 0.6 is 11.6 Å². The Labute approximate surface area is 127 Å². The number of hydrogen-bond donors (Lipinski definition) is 2. The van der Waals surface area contributed by atoms with E-state index in [4.69, 9.17) is 21.4 Å². The molecule has 0 saturated heterocycles. The highest BCUT2D eigenvalue weighted by atomic mass is 35.5. The van der Waals surface area contributed by atoms with Gasteiger partial charge in [-0.1, -0.05) is 23.7 Å². The Morgan fingerprint density at radius 1 is 1.38 bits per heavy atom. The minimum atomic E-state index is -1.03. The van der Waals surface area contributed by atoms with Crippen LogP contribution in [-0.2, 0) is 6.42 Å². The molecule has 21 heavy (non-hydrogen) atoms. The molecule has 2 rings (SSSR count). The van der Waals surface area contributed by atoms with Gasteiger partial charge in [-0.05, 0) is 36.2 Å². The first kappa shape index (κ1) is 15.1. The molecule has 6 heteroatoms. The van der Waals surface area contributed by atoms with Crippen LogP contribution in [-0.4, -0.2) is 29.7 Å². The lowest BCUT2D eigenvalue weighted by Crippen LogP contribution is -2.08. The summed E-state index contributed by atoms with van der Waals surface area (Å²) in [6.07, 6.45) is 0.758. The maximum atomic E-state index is 10.9. The SMILES string of the molecule is COc1cccc(CCNc2cc(C(=O)O)cc(Cl)n2)c1. The lowest BCUT2D eigenvalue weighted by Gasteiger charge is -2.08. The fourth-order valence-electron chi connectivity index (χ4n) is 1.87. The van der Waals surface area contributed by atoms with Crippen molar-refractivity contribution in [2.24, 2.45) is 0 Å². The number of carboxylic acids is 1. The number of methoxy groups -OCH3 is 1. The highest BCUT2D eigenvalue weighted by Gasteiger charge is 2.07. The van der Waals surface area contributed by atoms with Crippen molar-refractivity contribution in [3.05, 3.63) is 52.7 Å². The lowest BCUT2D eigenvalue weighted by atomic mass is 10.1. The second kappa shape index (κ2) is 6.95. The molecule has 2 N–H and O–H groups in total. The van der Waals surface area contributed by atoms with E-state index >= 15 is 0 Å². The molecule has 0 saturated carbocycles. The molecule has 0 amide bonds. The first-order valence-corrected chi connectivity index (χ1v) is 6.74. The number of carboxylic acid groups (broad SMARTS) is 1. The van der Waals surface area contributed by atoms with E-state index < -0.39 is 5.97 Å². The van der Waals surface area contributed by atoms with E-state index in [0.717, 1.165) is 17.7 Å². The maximum Gasteiger partial charge on any atom is 0.335 e. The van der Waals surface area contributed by atoms with Crippen molar-refractivity contribution in [1.29, 1.82) is 0 Å². The second-order valence-electron chi connectivity index (χ2n) is 4.40. The summed E-state index contributed by atoms with van der Waals surface area (Å²) in [5.74, 6) is 0.222. The van der Waals surface area contributed by atoms with Crippen molar-refractivity contribution >= 4 is 23.4 Å².